The van der Waals surface area contributed by atoms with E-state index in [1.54, 1.807) is 0 Å². The van der Waals surface area contributed by atoms with E-state index in [9.17, 15) is 18.0 Å². The Hall–Kier alpha value is -2.11. The minimum atomic E-state index is -4.50. The van der Waals surface area contributed by atoms with Gasteiger partial charge in [0.05, 0.1) is 30.8 Å². The van der Waals surface area contributed by atoms with Gasteiger partial charge >= 0.3 is 6.18 Å². The number of halogens is 3. The lowest BCUT2D eigenvalue weighted by Crippen LogP contribution is -2.41. The van der Waals surface area contributed by atoms with Gasteiger partial charge in [0.1, 0.15) is 0 Å². The minimum Gasteiger partial charge on any atom is -0.374 e. The summed E-state index contributed by atoms with van der Waals surface area (Å²) in [7, 11) is 0. The third-order valence-electron chi connectivity index (χ3n) is 4.23. The zero-order chi connectivity index (χ0) is 17.3. The van der Waals surface area contributed by atoms with Crippen LogP contribution in [0.25, 0.3) is 0 Å². The van der Waals surface area contributed by atoms with Gasteiger partial charge in [-0.1, -0.05) is 0 Å². The summed E-state index contributed by atoms with van der Waals surface area (Å²) in [5.74, 6) is -0.471. The molecule has 0 radical (unpaired) electrons. The molecule has 1 fully saturated rings. The number of ether oxygens (including phenoxy) is 1. The van der Waals surface area contributed by atoms with Crippen LogP contribution in [-0.4, -0.2) is 36.6 Å². The molecule has 1 amide bonds. The highest BCUT2D eigenvalue weighted by molar-refractivity contribution is 5.99. The number of hydrogen-bond acceptors (Lipinski definition) is 4. The zero-order valence-corrected chi connectivity index (χ0v) is 12.8. The molecule has 0 aliphatic carbocycles. The maximum atomic E-state index is 13.3. The van der Waals surface area contributed by atoms with Gasteiger partial charge in [-0.15, -0.1) is 0 Å². The molecular weight excluding hydrogens is 323 g/mol. The predicted molar refractivity (Wildman–Crippen MR) is 77.9 cm³/mol. The van der Waals surface area contributed by atoms with Crippen LogP contribution >= 0.6 is 0 Å². The first-order chi connectivity index (χ1) is 11.4. The van der Waals surface area contributed by atoms with Crippen LogP contribution in [0.2, 0.25) is 0 Å². The number of hydrogen-bond donors (Lipinski definition) is 1. The molecular formula is C16H16F3N3O2. The number of benzene rings is 1. The summed E-state index contributed by atoms with van der Waals surface area (Å²) < 4.78 is 45.3. The van der Waals surface area contributed by atoms with Crippen molar-refractivity contribution in [1.82, 2.24) is 10.2 Å². The Morgan fingerprint density at radius 1 is 1.42 bits per heavy atom. The largest absolute Gasteiger partial charge is 0.416 e. The molecule has 2 aliphatic rings. The van der Waals surface area contributed by atoms with E-state index in [-0.39, 0.29) is 36.7 Å². The summed E-state index contributed by atoms with van der Waals surface area (Å²) in [6.45, 7) is 1.69. The summed E-state index contributed by atoms with van der Waals surface area (Å²) in [5.41, 5.74) is -0.201. The van der Waals surface area contributed by atoms with Gasteiger partial charge in [-0.3, -0.25) is 9.69 Å². The molecule has 1 N–H and O–H groups in total. The first kappa shape index (κ1) is 16.7. The number of nitriles is 1. The molecule has 3 rings (SSSR count). The standard InChI is InChI=1S/C16H16F3N3O2/c17-16(18,19)14-6-10(5-12-13(14)7-21-15(12)23)8-22-3-4-24-11(9-22)1-2-20/h5-6,11H,1,3-4,7-9H2,(H,21,23). The van der Waals surface area contributed by atoms with Crippen molar-refractivity contribution in [3.63, 3.8) is 0 Å². The minimum absolute atomic E-state index is 0.0144. The van der Waals surface area contributed by atoms with Crippen LogP contribution in [0.1, 0.15) is 33.5 Å². The third kappa shape index (κ3) is 3.37. The molecule has 0 saturated carbocycles. The maximum absolute atomic E-state index is 13.3. The quantitative estimate of drug-likeness (QED) is 0.916. The Bertz CT molecular complexity index is 697. The molecule has 1 unspecified atom stereocenters. The highest BCUT2D eigenvalue weighted by atomic mass is 19.4. The van der Waals surface area contributed by atoms with Crippen molar-refractivity contribution in [2.24, 2.45) is 0 Å². The second-order valence-electron chi connectivity index (χ2n) is 5.94. The number of rotatable bonds is 3. The molecule has 1 aromatic rings. The Labute approximate surface area is 137 Å². The smallest absolute Gasteiger partial charge is 0.374 e. The van der Waals surface area contributed by atoms with Crippen molar-refractivity contribution < 1.29 is 22.7 Å². The molecule has 1 atom stereocenters. The Kier molecular flexibility index (Phi) is 4.47. The summed E-state index contributed by atoms with van der Waals surface area (Å²) in [5, 5.41) is 11.2. The van der Waals surface area contributed by atoms with Crippen LogP contribution in [0, 0.1) is 11.3 Å². The number of amides is 1. The van der Waals surface area contributed by atoms with Crippen molar-refractivity contribution in [3.05, 3.63) is 34.4 Å². The van der Waals surface area contributed by atoms with Crippen LogP contribution in [0.15, 0.2) is 12.1 Å². The number of fused-ring (bicyclic) bond motifs is 1. The molecule has 1 saturated heterocycles. The van der Waals surface area contributed by atoms with Gasteiger partial charge in [-0.2, -0.15) is 18.4 Å². The fourth-order valence-electron chi connectivity index (χ4n) is 3.14. The summed E-state index contributed by atoms with van der Waals surface area (Å²) in [4.78, 5) is 13.7. The van der Waals surface area contributed by atoms with Crippen LogP contribution in [-0.2, 0) is 24.0 Å². The highest BCUT2D eigenvalue weighted by Gasteiger charge is 2.37. The second kappa shape index (κ2) is 6.42. The lowest BCUT2D eigenvalue weighted by Gasteiger charge is -2.32. The first-order valence-corrected chi connectivity index (χ1v) is 7.60. The number of alkyl halides is 3. The average molecular weight is 339 g/mol. The molecule has 8 heteroatoms. The molecule has 128 valence electrons. The SMILES string of the molecule is N#CCC1CN(Cc2cc3c(c(C(F)(F)F)c2)CNC3=O)CCO1. The molecule has 0 bridgehead atoms. The second-order valence-corrected chi connectivity index (χ2v) is 5.94. The molecule has 1 aromatic carbocycles. The predicted octanol–water partition coefficient (Wildman–Crippen LogP) is 2.06. The zero-order valence-electron chi connectivity index (χ0n) is 12.8. The van der Waals surface area contributed by atoms with Gasteiger partial charge in [0.2, 0.25) is 0 Å². The number of carbonyl (C=O) groups excluding carboxylic acids is 1. The third-order valence-corrected chi connectivity index (χ3v) is 4.23. The highest BCUT2D eigenvalue weighted by Crippen LogP contribution is 2.36. The number of morpholine rings is 1. The number of carbonyl (C=O) groups is 1. The molecule has 0 aromatic heterocycles. The Morgan fingerprint density at radius 3 is 2.92 bits per heavy atom. The van der Waals surface area contributed by atoms with Gasteiger partial charge in [-0.05, 0) is 23.3 Å². The van der Waals surface area contributed by atoms with Crippen molar-refractivity contribution in [2.75, 3.05) is 19.7 Å². The van der Waals surface area contributed by atoms with Gasteiger partial charge in [0, 0.05) is 31.7 Å². The van der Waals surface area contributed by atoms with E-state index >= 15 is 0 Å². The fourth-order valence-corrected chi connectivity index (χ4v) is 3.14. The van der Waals surface area contributed by atoms with Crippen molar-refractivity contribution >= 4 is 5.91 Å². The summed E-state index contributed by atoms with van der Waals surface area (Å²) in [6.07, 6.45) is -4.49. The van der Waals surface area contributed by atoms with E-state index in [2.05, 4.69) is 5.32 Å². The van der Waals surface area contributed by atoms with Gasteiger partial charge in [-0.25, -0.2) is 0 Å². The van der Waals surface area contributed by atoms with Gasteiger partial charge in [0.15, 0.2) is 0 Å². The topological polar surface area (TPSA) is 65.4 Å². The molecule has 2 aliphatic heterocycles. The lowest BCUT2D eigenvalue weighted by atomic mass is 9.98. The van der Waals surface area contributed by atoms with Crippen LogP contribution in [0.4, 0.5) is 13.2 Å². The van der Waals surface area contributed by atoms with E-state index in [4.69, 9.17) is 10.00 Å². The first-order valence-electron chi connectivity index (χ1n) is 7.60. The molecule has 2 heterocycles. The normalized spacial score (nSPS) is 21.2. The summed E-state index contributed by atoms with van der Waals surface area (Å²) in [6, 6.07) is 4.69. The average Bonchev–Trinajstić information content (AvgIpc) is 2.88. The van der Waals surface area contributed by atoms with Crippen molar-refractivity contribution in [1.29, 1.82) is 5.26 Å². The Morgan fingerprint density at radius 2 is 2.21 bits per heavy atom. The van der Waals surface area contributed by atoms with Crippen LogP contribution < -0.4 is 5.32 Å². The van der Waals surface area contributed by atoms with Crippen molar-refractivity contribution in [3.8, 4) is 6.07 Å². The molecule has 5 nitrogen and oxygen atoms in total. The van der Waals surface area contributed by atoms with E-state index < -0.39 is 17.6 Å². The number of nitrogens with one attached hydrogen (secondary N) is 1. The molecule has 24 heavy (non-hydrogen) atoms. The monoisotopic (exact) mass is 339 g/mol. The number of nitrogens with zero attached hydrogens (tertiary/aromatic N) is 2. The van der Waals surface area contributed by atoms with E-state index in [1.807, 2.05) is 11.0 Å². The van der Waals surface area contributed by atoms with Gasteiger partial charge in [0.25, 0.3) is 5.91 Å². The van der Waals surface area contributed by atoms with E-state index in [1.165, 1.54) is 6.07 Å². The fraction of sp³-hybridized carbons (Fsp3) is 0.500. The lowest BCUT2D eigenvalue weighted by molar-refractivity contribution is -0.138. The van der Waals surface area contributed by atoms with Crippen molar-refractivity contribution in [2.45, 2.75) is 31.8 Å². The van der Waals surface area contributed by atoms with Crippen LogP contribution in [0.3, 0.4) is 0 Å². The summed E-state index contributed by atoms with van der Waals surface area (Å²) >= 11 is 0. The molecule has 0 spiro atoms. The van der Waals surface area contributed by atoms with Crippen LogP contribution in [0.5, 0.6) is 0 Å². The van der Waals surface area contributed by atoms with E-state index in [0.29, 0.717) is 25.3 Å². The van der Waals surface area contributed by atoms with E-state index in [0.717, 1.165) is 6.07 Å². The Balaban J connectivity index is 1.85. The maximum Gasteiger partial charge on any atom is 0.416 e. The van der Waals surface area contributed by atoms with Gasteiger partial charge < -0.3 is 10.1 Å².